The van der Waals surface area contributed by atoms with E-state index in [0.29, 0.717) is 5.54 Å². The van der Waals surface area contributed by atoms with Crippen LogP contribution in [0.3, 0.4) is 0 Å². The van der Waals surface area contributed by atoms with Crippen LogP contribution < -0.4 is 5.32 Å². The van der Waals surface area contributed by atoms with Crippen LogP contribution in [-0.4, -0.2) is 12.1 Å². The minimum absolute atomic E-state index is 0.428. The molecular weight excluding hydrogens is 206 g/mol. The van der Waals surface area contributed by atoms with E-state index in [1.807, 2.05) is 0 Å². The molecule has 1 aliphatic heterocycles. The van der Waals surface area contributed by atoms with Gasteiger partial charge in [0.25, 0.3) is 0 Å². The highest BCUT2D eigenvalue weighted by Crippen LogP contribution is 2.41. The maximum absolute atomic E-state index is 3.88. The average molecular weight is 229 g/mol. The summed E-state index contributed by atoms with van der Waals surface area (Å²) in [7, 11) is 0. The van der Waals surface area contributed by atoms with Crippen LogP contribution in [0.5, 0.6) is 0 Å². The second kappa shape index (κ2) is 4.81. The van der Waals surface area contributed by atoms with Crippen LogP contribution in [-0.2, 0) is 6.42 Å². The summed E-state index contributed by atoms with van der Waals surface area (Å²) in [6.07, 6.45) is 9.74. The Kier molecular flexibility index (Phi) is 3.19. The lowest BCUT2D eigenvalue weighted by molar-refractivity contribution is 0.102. The number of benzene rings is 1. The molecule has 0 bridgehead atoms. The molecule has 1 aliphatic carbocycles. The summed E-state index contributed by atoms with van der Waals surface area (Å²) < 4.78 is 0. The predicted molar refractivity (Wildman–Crippen MR) is 72.1 cm³/mol. The lowest BCUT2D eigenvalue weighted by Gasteiger charge is -2.48. The zero-order valence-corrected chi connectivity index (χ0v) is 10.6. The van der Waals surface area contributed by atoms with E-state index in [9.17, 15) is 0 Å². The molecular formula is C16H23N. The second-order valence-electron chi connectivity index (χ2n) is 5.83. The van der Waals surface area contributed by atoms with Crippen molar-refractivity contribution in [3.05, 3.63) is 35.9 Å². The highest BCUT2D eigenvalue weighted by molar-refractivity contribution is 5.19. The van der Waals surface area contributed by atoms with E-state index in [1.165, 1.54) is 57.1 Å². The minimum Gasteiger partial charge on any atom is -0.311 e. The van der Waals surface area contributed by atoms with Gasteiger partial charge in [0.1, 0.15) is 0 Å². The van der Waals surface area contributed by atoms with Crippen molar-refractivity contribution < 1.29 is 0 Å². The summed E-state index contributed by atoms with van der Waals surface area (Å²) in [4.78, 5) is 0. The first kappa shape index (κ1) is 11.3. The molecule has 0 spiro atoms. The van der Waals surface area contributed by atoms with Gasteiger partial charge in [-0.25, -0.2) is 0 Å². The van der Waals surface area contributed by atoms with Crippen molar-refractivity contribution in [3.63, 3.8) is 0 Å². The maximum atomic E-state index is 3.88. The van der Waals surface area contributed by atoms with E-state index in [-0.39, 0.29) is 0 Å². The lowest BCUT2D eigenvalue weighted by Crippen LogP contribution is -2.57. The molecule has 2 atom stereocenters. The van der Waals surface area contributed by atoms with Crippen molar-refractivity contribution in [2.24, 2.45) is 5.92 Å². The Hall–Kier alpha value is -0.820. The number of piperidine rings is 1. The molecule has 1 aromatic carbocycles. The molecule has 1 nitrogen and oxygen atoms in total. The van der Waals surface area contributed by atoms with Crippen LogP contribution in [0.15, 0.2) is 30.3 Å². The first-order chi connectivity index (χ1) is 8.39. The molecule has 92 valence electrons. The highest BCUT2D eigenvalue weighted by atomic mass is 15.0. The number of fused-ring (bicyclic) bond motifs is 1. The van der Waals surface area contributed by atoms with Crippen molar-refractivity contribution in [2.45, 2.75) is 50.5 Å². The van der Waals surface area contributed by atoms with E-state index in [0.717, 1.165) is 5.92 Å². The van der Waals surface area contributed by atoms with E-state index in [2.05, 4.69) is 35.6 Å². The van der Waals surface area contributed by atoms with Crippen LogP contribution in [0, 0.1) is 5.92 Å². The molecule has 1 heterocycles. The molecule has 17 heavy (non-hydrogen) atoms. The summed E-state index contributed by atoms with van der Waals surface area (Å²) in [6.45, 7) is 1.23. The summed E-state index contributed by atoms with van der Waals surface area (Å²) in [6, 6.07) is 11.0. The zero-order chi connectivity index (χ0) is 11.6. The van der Waals surface area contributed by atoms with Gasteiger partial charge in [0, 0.05) is 5.54 Å². The molecule has 2 aliphatic rings. The van der Waals surface area contributed by atoms with Gasteiger partial charge in [-0.15, -0.1) is 0 Å². The number of hydrogen-bond donors (Lipinski definition) is 1. The lowest BCUT2D eigenvalue weighted by atomic mass is 9.66. The van der Waals surface area contributed by atoms with Crippen LogP contribution in [0.4, 0.5) is 0 Å². The first-order valence-electron chi connectivity index (χ1n) is 7.18. The Balaban J connectivity index is 1.81. The standard InChI is InChI=1S/C16H23N/c1-2-7-14(8-3-1)13-16-11-5-4-9-15(16)10-6-12-17-16/h1-3,7-8,15,17H,4-6,9-13H2/t15-,16+/m0/s1. The molecule has 0 unspecified atom stereocenters. The molecule has 1 saturated carbocycles. The van der Waals surface area contributed by atoms with Gasteiger partial charge in [-0.05, 0) is 50.1 Å². The van der Waals surface area contributed by atoms with Gasteiger partial charge in [0.2, 0.25) is 0 Å². The van der Waals surface area contributed by atoms with Gasteiger partial charge in [-0.2, -0.15) is 0 Å². The minimum atomic E-state index is 0.428. The third-order valence-electron chi connectivity index (χ3n) is 4.78. The average Bonchev–Trinajstić information content (AvgIpc) is 2.39. The quantitative estimate of drug-likeness (QED) is 0.818. The molecule has 1 N–H and O–H groups in total. The fourth-order valence-electron chi connectivity index (χ4n) is 3.91. The number of rotatable bonds is 2. The normalized spacial score (nSPS) is 33.1. The molecule has 0 radical (unpaired) electrons. The Labute approximate surface area is 105 Å². The summed E-state index contributed by atoms with van der Waals surface area (Å²) in [5, 5.41) is 3.88. The van der Waals surface area contributed by atoms with Crippen molar-refractivity contribution >= 4 is 0 Å². The zero-order valence-electron chi connectivity index (χ0n) is 10.6. The summed E-state index contributed by atoms with van der Waals surface area (Å²) >= 11 is 0. The van der Waals surface area contributed by atoms with Crippen molar-refractivity contribution in [2.75, 3.05) is 6.54 Å². The maximum Gasteiger partial charge on any atom is 0.0249 e. The smallest absolute Gasteiger partial charge is 0.0249 e. The van der Waals surface area contributed by atoms with Crippen LogP contribution >= 0.6 is 0 Å². The van der Waals surface area contributed by atoms with E-state index in [4.69, 9.17) is 0 Å². The van der Waals surface area contributed by atoms with E-state index >= 15 is 0 Å². The van der Waals surface area contributed by atoms with Gasteiger partial charge >= 0.3 is 0 Å². The van der Waals surface area contributed by atoms with Crippen LogP contribution in [0.2, 0.25) is 0 Å². The molecule has 1 heteroatoms. The molecule has 3 rings (SSSR count). The van der Waals surface area contributed by atoms with Crippen molar-refractivity contribution in [1.29, 1.82) is 0 Å². The van der Waals surface area contributed by atoms with Gasteiger partial charge < -0.3 is 5.32 Å². The molecule has 1 saturated heterocycles. The van der Waals surface area contributed by atoms with Gasteiger partial charge in [0.05, 0.1) is 0 Å². The third kappa shape index (κ3) is 2.26. The highest BCUT2D eigenvalue weighted by Gasteiger charge is 2.41. The monoisotopic (exact) mass is 229 g/mol. The van der Waals surface area contributed by atoms with Gasteiger partial charge in [-0.1, -0.05) is 43.2 Å². The second-order valence-corrected chi connectivity index (χ2v) is 5.83. The van der Waals surface area contributed by atoms with E-state index in [1.54, 1.807) is 0 Å². The largest absolute Gasteiger partial charge is 0.311 e. The fourth-order valence-corrected chi connectivity index (χ4v) is 3.91. The van der Waals surface area contributed by atoms with Crippen molar-refractivity contribution in [3.8, 4) is 0 Å². The van der Waals surface area contributed by atoms with E-state index < -0.39 is 0 Å². The molecule has 2 fully saturated rings. The van der Waals surface area contributed by atoms with Gasteiger partial charge in [0.15, 0.2) is 0 Å². The molecule has 1 aromatic rings. The predicted octanol–water partition coefficient (Wildman–Crippen LogP) is 3.54. The molecule has 0 aromatic heterocycles. The molecule has 0 amide bonds. The van der Waals surface area contributed by atoms with Crippen LogP contribution in [0.25, 0.3) is 0 Å². The Bertz CT molecular complexity index is 345. The summed E-state index contributed by atoms with van der Waals surface area (Å²) in [5.74, 6) is 0.921. The Morgan fingerprint density at radius 2 is 1.88 bits per heavy atom. The van der Waals surface area contributed by atoms with Crippen LogP contribution in [0.1, 0.15) is 44.1 Å². The SMILES string of the molecule is c1ccc(C[C@]23CCCC[C@H]2CCCN3)cc1. The first-order valence-corrected chi connectivity index (χ1v) is 7.18. The Morgan fingerprint density at radius 3 is 2.76 bits per heavy atom. The van der Waals surface area contributed by atoms with Crippen molar-refractivity contribution in [1.82, 2.24) is 5.32 Å². The fraction of sp³-hybridized carbons (Fsp3) is 0.625. The number of nitrogens with one attached hydrogen (secondary N) is 1. The number of hydrogen-bond acceptors (Lipinski definition) is 1. The third-order valence-corrected chi connectivity index (χ3v) is 4.78. The summed E-state index contributed by atoms with van der Waals surface area (Å²) in [5.41, 5.74) is 1.94. The topological polar surface area (TPSA) is 12.0 Å². The Morgan fingerprint density at radius 1 is 1.06 bits per heavy atom. The van der Waals surface area contributed by atoms with Gasteiger partial charge in [-0.3, -0.25) is 0 Å².